The molecule has 0 fully saturated rings. The number of rotatable bonds is 2. The van der Waals surface area contributed by atoms with Gasteiger partial charge in [-0.3, -0.25) is 0 Å². The Labute approximate surface area is 84.2 Å². The van der Waals surface area contributed by atoms with Crippen LogP contribution in [0.5, 0.6) is 11.5 Å². The van der Waals surface area contributed by atoms with E-state index in [2.05, 4.69) is 13.0 Å². The highest BCUT2D eigenvalue weighted by Gasteiger charge is 2.14. The lowest BCUT2D eigenvalue weighted by molar-refractivity contribution is 0.313. The first-order valence-corrected chi connectivity index (χ1v) is 4.84. The van der Waals surface area contributed by atoms with Crippen LogP contribution in [-0.4, -0.2) is 13.7 Å². The monoisotopic (exact) mass is 190 g/mol. The minimum absolute atomic E-state index is 0.684. The predicted octanol–water partition coefficient (Wildman–Crippen LogP) is 2.88. The predicted molar refractivity (Wildman–Crippen MR) is 56.8 cm³/mol. The van der Waals surface area contributed by atoms with Crippen LogP contribution >= 0.6 is 0 Å². The molecule has 1 aliphatic rings. The second-order valence-electron chi connectivity index (χ2n) is 3.32. The molecular weight excluding hydrogens is 176 g/mol. The molecule has 0 N–H and O–H groups in total. The van der Waals surface area contributed by atoms with Gasteiger partial charge < -0.3 is 9.47 Å². The van der Waals surface area contributed by atoms with Gasteiger partial charge in [0.25, 0.3) is 0 Å². The highest BCUT2D eigenvalue weighted by atomic mass is 16.5. The van der Waals surface area contributed by atoms with Crippen LogP contribution in [0.15, 0.2) is 23.8 Å². The van der Waals surface area contributed by atoms with Crippen LogP contribution in [0.3, 0.4) is 0 Å². The van der Waals surface area contributed by atoms with Crippen molar-refractivity contribution in [2.75, 3.05) is 13.7 Å². The SMILES string of the molecule is CCC1=Cc2cccc(OC)c2OC1. The summed E-state index contributed by atoms with van der Waals surface area (Å²) in [6.07, 6.45) is 3.22. The van der Waals surface area contributed by atoms with E-state index in [1.807, 2.05) is 18.2 Å². The Kier molecular flexibility index (Phi) is 2.44. The lowest BCUT2D eigenvalue weighted by atomic mass is 10.1. The molecule has 1 aliphatic heterocycles. The average molecular weight is 190 g/mol. The summed E-state index contributed by atoms with van der Waals surface area (Å²) in [5.41, 5.74) is 2.44. The Bertz CT molecular complexity index is 367. The lowest BCUT2D eigenvalue weighted by Gasteiger charge is -2.19. The van der Waals surface area contributed by atoms with Crippen molar-refractivity contribution in [3.05, 3.63) is 29.3 Å². The van der Waals surface area contributed by atoms with E-state index in [0.717, 1.165) is 23.5 Å². The van der Waals surface area contributed by atoms with E-state index in [0.29, 0.717) is 6.61 Å². The van der Waals surface area contributed by atoms with Gasteiger partial charge in [0.2, 0.25) is 0 Å². The smallest absolute Gasteiger partial charge is 0.168 e. The van der Waals surface area contributed by atoms with Crippen LogP contribution in [0, 0.1) is 0 Å². The third kappa shape index (κ3) is 1.48. The van der Waals surface area contributed by atoms with Crippen LogP contribution in [0.4, 0.5) is 0 Å². The standard InChI is InChI=1S/C12H14O2/c1-3-9-7-10-5-4-6-11(13-2)12(10)14-8-9/h4-7H,3,8H2,1-2H3. The molecule has 1 aromatic carbocycles. The number of para-hydroxylation sites is 1. The zero-order chi connectivity index (χ0) is 9.97. The Morgan fingerprint density at radius 1 is 1.43 bits per heavy atom. The van der Waals surface area contributed by atoms with Gasteiger partial charge in [0, 0.05) is 5.56 Å². The molecule has 2 heteroatoms. The number of ether oxygens (including phenoxy) is 2. The van der Waals surface area contributed by atoms with Crippen LogP contribution in [0.1, 0.15) is 18.9 Å². The minimum atomic E-state index is 0.684. The lowest BCUT2D eigenvalue weighted by Crippen LogP contribution is -2.07. The topological polar surface area (TPSA) is 18.5 Å². The van der Waals surface area contributed by atoms with E-state index >= 15 is 0 Å². The molecule has 0 spiro atoms. The van der Waals surface area contributed by atoms with Gasteiger partial charge in [-0.15, -0.1) is 0 Å². The Balaban J connectivity index is 2.45. The second-order valence-corrected chi connectivity index (χ2v) is 3.32. The summed E-state index contributed by atoms with van der Waals surface area (Å²) in [4.78, 5) is 0. The number of hydrogen-bond donors (Lipinski definition) is 0. The van der Waals surface area contributed by atoms with Crippen molar-refractivity contribution in [3.8, 4) is 11.5 Å². The van der Waals surface area contributed by atoms with Crippen molar-refractivity contribution in [2.24, 2.45) is 0 Å². The van der Waals surface area contributed by atoms with Crippen molar-refractivity contribution in [1.29, 1.82) is 0 Å². The minimum Gasteiger partial charge on any atom is -0.493 e. The van der Waals surface area contributed by atoms with Gasteiger partial charge >= 0.3 is 0 Å². The molecule has 0 saturated heterocycles. The van der Waals surface area contributed by atoms with E-state index in [9.17, 15) is 0 Å². The van der Waals surface area contributed by atoms with Gasteiger partial charge in [-0.1, -0.05) is 19.1 Å². The fraction of sp³-hybridized carbons (Fsp3) is 0.333. The molecule has 0 unspecified atom stereocenters. The zero-order valence-electron chi connectivity index (χ0n) is 8.54. The van der Waals surface area contributed by atoms with E-state index in [1.54, 1.807) is 7.11 Å². The second kappa shape index (κ2) is 3.74. The van der Waals surface area contributed by atoms with Crippen LogP contribution < -0.4 is 9.47 Å². The van der Waals surface area contributed by atoms with Crippen LogP contribution in [0.25, 0.3) is 6.08 Å². The molecule has 0 saturated carbocycles. The summed E-state index contributed by atoms with van der Waals surface area (Å²) < 4.78 is 10.9. The van der Waals surface area contributed by atoms with Gasteiger partial charge in [-0.25, -0.2) is 0 Å². The molecule has 74 valence electrons. The van der Waals surface area contributed by atoms with Gasteiger partial charge in [-0.2, -0.15) is 0 Å². The quantitative estimate of drug-likeness (QED) is 0.714. The first-order valence-electron chi connectivity index (χ1n) is 4.84. The summed E-state index contributed by atoms with van der Waals surface area (Å²) in [5, 5.41) is 0. The first kappa shape index (κ1) is 9.13. The average Bonchev–Trinajstić information content (AvgIpc) is 2.27. The van der Waals surface area contributed by atoms with Crippen molar-refractivity contribution in [3.63, 3.8) is 0 Å². The van der Waals surface area contributed by atoms with Crippen molar-refractivity contribution in [1.82, 2.24) is 0 Å². The molecule has 2 rings (SSSR count). The maximum atomic E-state index is 5.66. The van der Waals surface area contributed by atoms with Gasteiger partial charge in [0.05, 0.1) is 7.11 Å². The maximum Gasteiger partial charge on any atom is 0.168 e. The molecule has 0 amide bonds. The fourth-order valence-electron chi connectivity index (χ4n) is 1.59. The largest absolute Gasteiger partial charge is 0.493 e. The molecule has 0 aromatic heterocycles. The normalized spacial score (nSPS) is 14.0. The van der Waals surface area contributed by atoms with Gasteiger partial charge in [0.1, 0.15) is 6.61 Å². The molecule has 1 aromatic rings. The molecule has 0 atom stereocenters. The highest BCUT2D eigenvalue weighted by molar-refractivity contribution is 5.66. The molecule has 0 radical (unpaired) electrons. The van der Waals surface area contributed by atoms with Gasteiger partial charge in [0.15, 0.2) is 11.5 Å². The number of hydrogen-bond acceptors (Lipinski definition) is 2. The number of benzene rings is 1. The maximum absolute atomic E-state index is 5.66. The van der Waals surface area contributed by atoms with E-state index in [-0.39, 0.29) is 0 Å². The third-order valence-electron chi connectivity index (χ3n) is 2.44. The van der Waals surface area contributed by atoms with E-state index in [1.165, 1.54) is 5.57 Å². The van der Waals surface area contributed by atoms with Crippen molar-refractivity contribution in [2.45, 2.75) is 13.3 Å². The summed E-state index contributed by atoms with van der Waals surface area (Å²) in [5.74, 6) is 1.68. The number of methoxy groups -OCH3 is 1. The molecule has 2 nitrogen and oxygen atoms in total. The summed E-state index contributed by atoms with van der Waals surface area (Å²) in [6.45, 7) is 2.82. The molecule has 0 aliphatic carbocycles. The Morgan fingerprint density at radius 2 is 2.29 bits per heavy atom. The summed E-state index contributed by atoms with van der Waals surface area (Å²) >= 11 is 0. The molecule has 14 heavy (non-hydrogen) atoms. The van der Waals surface area contributed by atoms with Crippen molar-refractivity contribution >= 4 is 6.08 Å². The molecular formula is C12H14O2. The summed E-state index contributed by atoms with van der Waals surface area (Å²) in [7, 11) is 1.66. The Morgan fingerprint density at radius 3 is 3.00 bits per heavy atom. The van der Waals surface area contributed by atoms with Crippen molar-refractivity contribution < 1.29 is 9.47 Å². The third-order valence-corrected chi connectivity index (χ3v) is 2.44. The van der Waals surface area contributed by atoms with E-state index in [4.69, 9.17) is 9.47 Å². The summed E-state index contributed by atoms with van der Waals surface area (Å²) in [6, 6.07) is 5.95. The Hall–Kier alpha value is -1.44. The van der Waals surface area contributed by atoms with E-state index < -0.39 is 0 Å². The van der Waals surface area contributed by atoms with Crippen LogP contribution in [0.2, 0.25) is 0 Å². The molecule has 1 heterocycles. The highest BCUT2D eigenvalue weighted by Crippen LogP contribution is 2.35. The zero-order valence-corrected chi connectivity index (χ0v) is 8.54. The fourth-order valence-corrected chi connectivity index (χ4v) is 1.59. The van der Waals surface area contributed by atoms with Crippen LogP contribution in [-0.2, 0) is 0 Å². The van der Waals surface area contributed by atoms with Gasteiger partial charge in [-0.05, 0) is 24.1 Å². The number of fused-ring (bicyclic) bond motifs is 1. The molecule has 0 bridgehead atoms. The first-order chi connectivity index (χ1) is 6.85.